The summed E-state index contributed by atoms with van der Waals surface area (Å²) in [6.07, 6.45) is 21.0. The summed E-state index contributed by atoms with van der Waals surface area (Å²) in [5.74, 6) is 1.19. The van der Waals surface area contributed by atoms with E-state index in [2.05, 4.69) is 31.2 Å². The molecule has 3 atom stereocenters. The van der Waals surface area contributed by atoms with E-state index in [1.165, 1.54) is 32.1 Å². The van der Waals surface area contributed by atoms with Gasteiger partial charge in [-0.25, -0.2) is 0 Å². The van der Waals surface area contributed by atoms with Crippen molar-refractivity contribution in [2.45, 2.75) is 90.6 Å². The Morgan fingerprint density at radius 3 is 2.57 bits per heavy atom. The van der Waals surface area contributed by atoms with Crippen molar-refractivity contribution >= 4 is 5.78 Å². The van der Waals surface area contributed by atoms with Crippen LogP contribution in [0.2, 0.25) is 0 Å². The monoisotopic (exact) mass is 320 g/mol. The molecule has 1 saturated carbocycles. The first-order valence-corrected chi connectivity index (χ1v) is 9.64. The average Bonchev–Trinajstić information content (AvgIpc) is 2.86. The number of allylic oxidation sites excluding steroid dienone is 4. The second kappa shape index (κ2) is 12.5. The summed E-state index contributed by atoms with van der Waals surface area (Å²) in [5, 5.41) is 10.2. The normalized spacial score (nSPS) is 24.9. The topological polar surface area (TPSA) is 37.3 Å². The minimum absolute atomic E-state index is 0.147. The molecular weight excluding hydrogens is 284 g/mol. The van der Waals surface area contributed by atoms with E-state index in [-0.39, 0.29) is 11.9 Å². The fraction of sp³-hybridized carbons (Fsp3) is 0.762. The molecule has 0 saturated heterocycles. The average molecular weight is 321 g/mol. The van der Waals surface area contributed by atoms with Crippen LogP contribution >= 0.6 is 0 Å². The van der Waals surface area contributed by atoms with Gasteiger partial charge in [-0.1, -0.05) is 50.5 Å². The molecular formula is C21H36O2. The molecule has 0 aromatic heterocycles. The number of aliphatic hydroxyl groups is 1. The van der Waals surface area contributed by atoms with Crippen molar-refractivity contribution in [3.05, 3.63) is 24.3 Å². The number of rotatable bonds is 12. The molecule has 1 fully saturated rings. The molecule has 3 unspecified atom stereocenters. The maximum absolute atomic E-state index is 10.9. The van der Waals surface area contributed by atoms with Crippen LogP contribution in [-0.2, 0) is 4.79 Å². The van der Waals surface area contributed by atoms with E-state index in [4.69, 9.17) is 0 Å². The first-order chi connectivity index (χ1) is 11.1. The molecule has 0 amide bonds. The van der Waals surface area contributed by atoms with Crippen molar-refractivity contribution in [3.63, 3.8) is 0 Å². The maximum Gasteiger partial charge on any atom is 0.129 e. The third kappa shape index (κ3) is 9.10. The number of hydrogen-bond donors (Lipinski definition) is 1. The minimum Gasteiger partial charge on any atom is -0.393 e. The number of carbonyl (C=O) groups is 1. The van der Waals surface area contributed by atoms with Gasteiger partial charge in [0.05, 0.1) is 6.10 Å². The molecule has 0 spiro atoms. The Bertz CT molecular complexity index is 370. The van der Waals surface area contributed by atoms with Crippen molar-refractivity contribution in [2.24, 2.45) is 11.8 Å². The molecule has 2 nitrogen and oxygen atoms in total. The molecule has 1 aliphatic rings. The smallest absolute Gasteiger partial charge is 0.129 e. The molecule has 0 aliphatic heterocycles. The van der Waals surface area contributed by atoms with E-state index in [1.54, 1.807) is 6.92 Å². The van der Waals surface area contributed by atoms with Crippen LogP contribution in [0.15, 0.2) is 24.3 Å². The van der Waals surface area contributed by atoms with Crippen LogP contribution in [0.1, 0.15) is 84.5 Å². The molecule has 0 heterocycles. The molecule has 1 N–H and O–H groups in total. The van der Waals surface area contributed by atoms with Gasteiger partial charge < -0.3 is 9.90 Å². The Morgan fingerprint density at radius 2 is 1.83 bits per heavy atom. The zero-order valence-electron chi connectivity index (χ0n) is 15.2. The van der Waals surface area contributed by atoms with Crippen LogP contribution in [0, 0.1) is 11.8 Å². The van der Waals surface area contributed by atoms with Crippen molar-refractivity contribution in [1.29, 1.82) is 0 Å². The van der Waals surface area contributed by atoms with Gasteiger partial charge in [0.15, 0.2) is 0 Å². The lowest BCUT2D eigenvalue weighted by Gasteiger charge is -2.17. The summed E-state index contributed by atoms with van der Waals surface area (Å²) in [4.78, 5) is 10.9. The van der Waals surface area contributed by atoms with Crippen molar-refractivity contribution in [3.8, 4) is 0 Å². The van der Waals surface area contributed by atoms with Crippen LogP contribution < -0.4 is 0 Å². The summed E-state index contributed by atoms with van der Waals surface area (Å²) in [6, 6.07) is 0. The lowest BCUT2D eigenvalue weighted by atomic mass is 9.90. The molecule has 0 bridgehead atoms. The van der Waals surface area contributed by atoms with E-state index < -0.39 is 0 Å². The zero-order valence-corrected chi connectivity index (χ0v) is 15.2. The fourth-order valence-corrected chi connectivity index (χ4v) is 3.45. The molecule has 132 valence electrons. The molecule has 2 heteroatoms. The Morgan fingerprint density at radius 1 is 1.04 bits per heavy atom. The lowest BCUT2D eigenvalue weighted by molar-refractivity contribution is -0.117. The van der Waals surface area contributed by atoms with Crippen LogP contribution in [0.3, 0.4) is 0 Å². The maximum atomic E-state index is 10.9. The molecule has 0 aromatic carbocycles. The Hall–Kier alpha value is -0.890. The number of aliphatic hydroxyl groups excluding tert-OH is 1. The highest BCUT2D eigenvalue weighted by atomic mass is 16.3. The van der Waals surface area contributed by atoms with Gasteiger partial charge >= 0.3 is 0 Å². The first-order valence-electron chi connectivity index (χ1n) is 9.64. The van der Waals surface area contributed by atoms with E-state index in [1.807, 2.05) is 0 Å². The Labute approximate surface area is 143 Å². The molecule has 1 rings (SSSR count). The van der Waals surface area contributed by atoms with Gasteiger partial charge in [0.25, 0.3) is 0 Å². The lowest BCUT2D eigenvalue weighted by Crippen LogP contribution is -2.17. The fourth-order valence-electron chi connectivity index (χ4n) is 3.45. The summed E-state index contributed by atoms with van der Waals surface area (Å²) in [7, 11) is 0. The third-order valence-electron chi connectivity index (χ3n) is 4.92. The second-order valence-corrected chi connectivity index (χ2v) is 7.05. The highest BCUT2D eigenvalue weighted by molar-refractivity contribution is 5.75. The number of ketones is 1. The van der Waals surface area contributed by atoms with Crippen LogP contribution in [0.25, 0.3) is 0 Å². The van der Waals surface area contributed by atoms with Gasteiger partial charge in [-0.15, -0.1) is 0 Å². The Balaban J connectivity index is 2.26. The van der Waals surface area contributed by atoms with Crippen molar-refractivity contribution < 1.29 is 9.90 Å². The van der Waals surface area contributed by atoms with Gasteiger partial charge in [0, 0.05) is 6.42 Å². The van der Waals surface area contributed by atoms with E-state index in [9.17, 15) is 9.90 Å². The van der Waals surface area contributed by atoms with Gasteiger partial charge in [-0.3, -0.25) is 0 Å². The third-order valence-corrected chi connectivity index (χ3v) is 4.92. The SMILES string of the molecule is CCCCCCC=CC1CCC(O)C1CC=CCCCC(C)=O. The summed E-state index contributed by atoms with van der Waals surface area (Å²) < 4.78 is 0. The van der Waals surface area contributed by atoms with Gasteiger partial charge in [-0.05, 0) is 63.7 Å². The van der Waals surface area contributed by atoms with Gasteiger partial charge in [0.1, 0.15) is 5.78 Å². The summed E-state index contributed by atoms with van der Waals surface area (Å²) in [5.41, 5.74) is 0. The van der Waals surface area contributed by atoms with Crippen LogP contribution in [0.5, 0.6) is 0 Å². The summed E-state index contributed by atoms with van der Waals surface area (Å²) in [6.45, 7) is 3.89. The van der Waals surface area contributed by atoms with Crippen molar-refractivity contribution in [2.75, 3.05) is 0 Å². The number of unbranched alkanes of at least 4 members (excludes halogenated alkanes) is 5. The number of carbonyl (C=O) groups excluding carboxylic acids is 1. The van der Waals surface area contributed by atoms with Crippen LogP contribution in [-0.4, -0.2) is 17.0 Å². The minimum atomic E-state index is -0.147. The first kappa shape index (κ1) is 20.2. The highest BCUT2D eigenvalue weighted by Crippen LogP contribution is 2.36. The molecule has 0 radical (unpaired) electrons. The summed E-state index contributed by atoms with van der Waals surface area (Å²) >= 11 is 0. The van der Waals surface area contributed by atoms with E-state index in [0.29, 0.717) is 18.3 Å². The second-order valence-electron chi connectivity index (χ2n) is 7.05. The zero-order chi connectivity index (χ0) is 16.9. The van der Waals surface area contributed by atoms with Gasteiger partial charge in [0.2, 0.25) is 0 Å². The van der Waals surface area contributed by atoms with E-state index >= 15 is 0 Å². The predicted molar refractivity (Wildman–Crippen MR) is 98.4 cm³/mol. The highest BCUT2D eigenvalue weighted by Gasteiger charge is 2.32. The number of hydrogen-bond acceptors (Lipinski definition) is 2. The van der Waals surface area contributed by atoms with Crippen LogP contribution in [0.4, 0.5) is 0 Å². The Kier molecular flexibility index (Phi) is 11.0. The quantitative estimate of drug-likeness (QED) is 0.375. The predicted octanol–water partition coefficient (Wildman–Crippen LogP) is 5.61. The van der Waals surface area contributed by atoms with Gasteiger partial charge in [-0.2, -0.15) is 0 Å². The molecule has 1 aliphatic carbocycles. The molecule has 23 heavy (non-hydrogen) atoms. The van der Waals surface area contributed by atoms with Crippen molar-refractivity contribution in [1.82, 2.24) is 0 Å². The number of Topliss-reactive ketones (excluding diaryl/α,β-unsaturated/α-hetero) is 1. The standard InChI is InChI=1S/C21H36O2/c1-3-4-5-6-7-11-14-19-16-17-21(23)20(19)15-12-9-8-10-13-18(2)22/h9,11-12,14,19-21,23H,3-8,10,13,15-17H2,1-2H3. The largest absolute Gasteiger partial charge is 0.393 e. The van der Waals surface area contributed by atoms with E-state index in [0.717, 1.165) is 32.1 Å². The molecule has 0 aromatic rings.